The van der Waals surface area contributed by atoms with Gasteiger partial charge in [-0.05, 0) is 25.3 Å². The number of aryl methyl sites for hydroxylation is 1. The average molecular weight is 202 g/mol. The van der Waals surface area contributed by atoms with E-state index in [9.17, 15) is 9.90 Å². The summed E-state index contributed by atoms with van der Waals surface area (Å²) in [5.41, 5.74) is 2.92. The quantitative estimate of drug-likeness (QED) is 0.760. The topological polar surface area (TPSA) is 37.3 Å². The third kappa shape index (κ3) is 1.94. The second-order valence-corrected chi connectivity index (χ2v) is 3.97. The fourth-order valence-corrected chi connectivity index (χ4v) is 1.94. The Morgan fingerprint density at radius 2 is 2.07 bits per heavy atom. The number of carbonyl (C=O) groups excluding carboxylic acids is 1. The predicted molar refractivity (Wildman–Crippen MR) is 59.6 cm³/mol. The molecule has 1 aliphatic carbocycles. The first-order valence-electron chi connectivity index (χ1n) is 5.21. The number of hydrogen-bond donors (Lipinski definition) is 1. The predicted octanol–water partition coefficient (Wildman–Crippen LogP) is 3.02. The van der Waals surface area contributed by atoms with Gasteiger partial charge in [-0.25, -0.2) is 0 Å². The van der Waals surface area contributed by atoms with Gasteiger partial charge < -0.3 is 5.11 Å². The van der Waals surface area contributed by atoms with Gasteiger partial charge in [0.25, 0.3) is 0 Å². The summed E-state index contributed by atoms with van der Waals surface area (Å²) >= 11 is 0. The summed E-state index contributed by atoms with van der Waals surface area (Å²) in [6.07, 6.45) is 2.11. The molecule has 1 N–H and O–H groups in total. The van der Waals surface area contributed by atoms with Crippen molar-refractivity contribution in [2.24, 2.45) is 0 Å². The van der Waals surface area contributed by atoms with Gasteiger partial charge in [0.2, 0.25) is 0 Å². The number of aliphatic hydroxyl groups is 1. The lowest BCUT2D eigenvalue weighted by molar-refractivity contribution is -0.118. The highest BCUT2D eigenvalue weighted by molar-refractivity contribution is 6.01. The maximum atomic E-state index is 11.4. The Bertz CT molecular complexity index is 430. The van der Waals surface area contributed by atoms with Crippen LogP contribution in [0.3, 0.4) is 0 Å². The largest absolute Gasteiger partial charge is 0.504 e. The molecule has 2 nitrogen and oxygen atoms in total. The third-order valence-electron chi connectivity index (χ3n) is 2.75. The standard InChI is InChI=1S/C13H14O2/c1-9-4-2-5-10(8-9)11-6-3-7-12(14)13(11)15/h2,4-5,8,15H,3,6-7H2,1H3. The van der Waals surface area contributed by atoms with Crippen LogP contribution < -0.4 is 0 Å². The maximum absolute atomic E-state index is 11.4. The van der Waals surface area contributed by atoms with E-state index in [1.54, 1.807) is 0 Å². The first-order valence-corrected chi connectivity index (χ1v) is 5.21. The van der Waals surface area contributed by atoms with Gasteiger partial charge in [0.05, 0.1) is 0 Å². The molecule has 0 saturated heterocycles. The Morgan fingerprint density at radius 3 is 2.80 bits per heavy atom. The Labute approximate surface area is 89.2 Å². The molecular weight excluding hydrogens is 188 g/mol. The second-order valence-electron chi connectivity index (χ2n) is 3.97. The van der Waals surface area contributed by atoms with E-state index in [0.29, 0.717) is 6.42 Å². The van der Waals surface area contributed by atoms with Crippen LogP contribution in [-0.2, 0) is 4.79 Å². The smallest absolute Gasteiger partial charge is 0.197 e. The van der Waals surface area contributed by atoms with Crippen LogP contribution >= 0.6 is 0 Å². The summed E-state index contributed by atoms with van der Waals surface area (Å²) < 4.78 is 0. The van der Waals surface area contributed by atoms with E-state index < -0.39 is 0 Å². The Kier molecular flexibility index (Phi) is 2.58. The van der Waals surface area contributed by atoms with Crippen molar-refractivity contribution in [1.82, 2.24) is 0 Å². The monoisotopic (exact) mass is 202 g/mol. The molecule has 0 aromatic heterocycles. The van der Waals surface area contributed by atoms with Gasteiger partial charge in [-0.3, -0.25) is 4.79 Å². The fraction of sp³-hybridized carbons (Fsp3) is 0.308. The van der Waals surface area contributed by atoms with Gasteiger partial charge in [-0.15, -0.1) is 0 Å². The van der Waals surface area contributed by atoms with Crippen LogP contribution in [0.4, 0.5) is 0 Å². The van der Waals surface area contributed by atoms with Crippen LogP contribution in [-0.4, -0.2) is 10.9 Å². The number of rotatable bonds is 1. The molecule has 1 aromatic carbocycles. The second kappa shape index (κ2) is 3.89. The molecule has 2 rings (SSSR count). The number of aliphatic hydroxyl groups excluding tert-OH is 1. The lowest BCUT2D eigenvalue weighted by Gasteiger charge is -2.15. The minimum Gasteiger partial charge on any atom is -0.504 e. The molecule has 1 aliphatic rings. The lowest BCUT2D eigenvalue weighted by Crippen LogP contribution is -2.10. The molecular formula is C13H14O2. The van der Waals surface area contributed by atoms with E-state index in [-0.39, 0.29) is 11.5 Å². The molecule has 2 heteroatoms. The van der Waals surface area contributed by atoms with Crippen molar-refractivity contribution in [3.8, 4) is 0 Å². The van der Waals surface area contributed by atoms with E-state index in [1.807, 2.05) is 31.2 Å². The normalized spacial score (nSPS) is 17.0. The molecule has 0 heterocycles. The third-order valence-corrected chi connectivity index (χ3v) is 2.75. The highest BCUT2D eigenvalue weighted by atomic mass is 16.3. The summed E-state index contributed by atoms with van der Waals surface area (Å²) in [7, 11) is 0. The van der Waals surface area contributed by atoms with Crippen molar-refractivity contribution in [1.29, 1.82) is 0 Å². The van der Waals surface area contributed by atoms with Crippen LogP contribution in [0.15, 0.2) is 30.0 Å². The molecule has 0 amide bonds. The number of carbonyl (C=O) groups is 1. The Morgan fingerprint density at radius 1 is 1.27 bits per heavy atom. The van der Waals surface area contributed by atoms with Gasteiger partial charge in [0.1, 0.15) is 0 Å². The van der Waals surface area contributed by atoms with Gasteiger partial charge in [-0.2, -0.15) is 0 Å². The van der Waals surface area contributed by atoms with E-state index in [4.69, 9.17) is 0 Å². The molecule has 1 aromatic rings. The molecule has 15 heavy (non-hydrogen) atoms. The Balaban J connectivity index is 2.46. The zero-order chi connectivity index (χ0) is 10.8. The van der Waals surface area contributed by atoms with Crippen LogP contribution in [0.2, 0.25) is 0 Å². The van der Waals surface area contributed by atoms with Crippen molar-refractivity contribution in [3.63, 3.8) is 0 Å². The fourth-order valence-electron chi connectivity index (χ4n) is 1.94. The summed E-state index contributed by atoms with van der Waals surface area (Å²) in [5, 5.41) is 9.71. The van der Waals surface area contributed by atoms with Gasteiger partial charge >= 0.3 is 0 Å². The first-order chi connectivity index (χ1) is 7.18. The number of allylic oxidation sites excluding steroid dienone is 2. The van der Waals surface area contributed by atoms with Gasteiger partial charge in [0.15, 0.2) is 11.5 Å². The number of Topliss-reactive ketones (excluding diaryl/α,β-unsaturated/α-hetero) is 1. The van der Waals surface area contributed by atoms with E-state index in [0.717, 1.165) is 29.5 Å². The summed E-state index contributed by atoms with van der Waals surface area (Å²) in [5.74, 6) is -0.162. The number of hydrogen-bond acceptors (Lipinski definition) is 2. The molecule has 78 valence electrons. The van der Waals surface area contributed by atoms with Crippen molar-refractivity contribution >= 4 is 11.4 Å². The van der Waals surface area contributed by atoms with E-state index in [1.165, 1.54) is 0 Å². The van der Waals surface area contributed by atoms with Crippen molar-refractivity contribution in [2.75, 3.05) is 0 Å². The van der Waals surface area contributed by atoms with Crippen molar-refractivity contribution < 1.29 is 9.90 Å². The minimum atomic E-state index is -0.127. The molecule has 0 atom stereocenters. The summed E-state index contributed by atoms with van der Waals surface area (Å²) in [4.78, 5) is 11.4. The van der Waals surface area contributed by atoms with Crippen LogP contribution in [0.1, 0.15) is 30.4 Å². The molecule has 0 spiro atoms. The molecule has 0 fully saturated rings. The molecule has 0 aliphatic heterocycles. The van der Waals surface area contributed by atoms with Gasteiger partial charge in [0, 0.05) is 12.0 Å². The lowest BCUT2D eigenvalue weighted by atomic mass is 9.91. The van der Waals surface area contributed by atoms with Crippen LogP contribution in [0, 0.1) is 6.92 Å². The summed E-state index contributed by atoms with van der Waals surface area (Å²) in [6.45, 7) is 2.01. The Hall–Kier alpha value is -1.57. The molecule has 0 saturated carbocycles. The summed E-state index contributed by atoms with van der Waals surface area (Å²) in [6, 6.07) is 7.90. The maximum Gasteiger partial charge on any atom is 0.197 e. The first kappa shape index (κ1) is 9.97. The number of benzene rings is 1. The number of ketones is 1. The zero-order valence-corrected chi connectivity index (χ0v) is 8.79. The van der Waals surface area contributed by atoms with E-state index in [2.05, 4.69) is 0 Å². The van der Waals surface area contributed by atoms with Crippen molar-refractivity contribution in [3.05, 3.63) is 41.2 Å². The van der Waals surface area contributed by atoms with Gasteiger partial charge in [-0.1, -0.05) is 29.8 Å². The zero-order valence-electron chi connectivity index (χ0n) is 8.79. The highest BCUT2D eigenvalue weighted by Crippen LogP contribution is 2.29. The van der Waals surface area contributed by atoms with Crippen molar-refractivity contribution in [2.45, 2.75) is 26.2 Å². The molecule has 0 unspecified atom stereocenters. The SMILES string of the molecule is Cc1cccc(C2=C(O)C(=O)CCC2)c1. The molecule has 0 bridgehead atoms. The average Bonchev–Trinajstić information content (AvgIpc) is 2.22. The van der Waals surface area contributed by atoms with E-state index >= 15 is 0 Å². The minimum absolute atomic E-state index is 0.0353. The molecule has 0 radical (unpaired) electrons. The van der Waals surface area contributed by atoms with Crippen LogP contribution in [0.25, 0.3) is 5.57 Å². The highest BCUT2D eigenvalue weighted by Gasteiger charge is 2.20. The van der Waals surface area contributed by atoms with Crippen LogP contribution in [0.5, 0.6) is 0 Å².